The summed E-state index contributed by atoms with van der Waals surface area (Å²) in [7, 11) is 0. The number of fused-ring (bicyclic) bond motifs is 1. The van der Waals surface area contributed by atoms with Gasteiger partial charge >= 0.3 is 0 Å². The van der Waals surface area contributed by atoms with Crippen molar-refractivity contribution in [1.82, 2.24) is 14.5 Å². The molecule has 5 nitrogen and oxygen atoms in total. The van der Waals surface area contributed by atoms with Gasteiger partial charge in [-0.25, -0.2) is 4.98 Å². The molecule has 1 aromatic heterocycles. The second kappa shape index (κ2) is 9.39. The van der Waals surface area contributed by atoms with Crippen molar-refractivity contribution in [3.05, 3.63) is 51.9 Å². The van der Waals surface area contributed by atoms with E-state index >= 15 is 0 Å². The molecular weight excluding hydrogens is 402 g/mol. The standard InChI is InChI=1S/C22H27N3O2S2/c1-16-14-18-20(29-16)21(27)25(13-10-17-8-4-2-5-9-17)22(23-18)28-15-19(26)24-11-6-3-7-12-24/h2,4-5,8-9,16H,3,6-7,10-15H2,1H3. The Morgan fingerprint density at radius 2 is 1.97 bits per heavy atom. The van der Waals surface area contributed by atoms with Crippen molar-refractivity contribution < 1.29 is 4.79 Å². The summed E-state index contributed by atoms with van der Waals surface area (Å²) in [6, 6.07) is 10.2. The van der Waals surface area contributed by atoms with Gasteiger partial charge in [0.25, 0.3) is 5.56 Å². The van der Waals surface area contributed by atoms with E-state index in [4.69, 9.17) is 4.98 Å². The molecule has 1 fully saturated rings. The number of likely N-dealkylation sites (tertiary alicyclic amines) is 1. The number of nitrogens with zero attached hydrogens (tertiary/aromatic N) is 3. The van der Waals surface area contributed by atoms with Crippen LogP contribution < -0.4 is 5.56 Å². The summed E-state index contributed by atoms with van der Waals surface area (Å²) in [4.78, 5) is 33.4. The van der Waals surface area contributed by atoms with Gasteiger partial charge in [-0.05, 0) is 31.2 Å². The van der Waals surface area contributed by atoms with Crippen LogP contribution in [0, 0.1) is 0 Å². The van der Waals surface area contributed by atoms with Gasteiger partial charge in [0.2, 0.25) is 5.91 Å². The van der Waals surface area contributed by atoms with Gasteiger partial charge in [0.1, 0.15) is 0 Å². The van der Waals surface area contributed by atoms with E-state index < -0.39 is 0 Å². The Morgan fingerprint density at radius 3 is 2.72 bits per heavy atom. The molecule has 7 heteroatoms. The Labute approximate surface area is 180 Å². The van der Waals surface area contributed by atoms with Gasteiger partial charge in [0, 0.05) is 31.3 Å². The van der Waals surface area contributed by atoms with Crippen molar-refractivity contribution in [2.24, 2.45) is 0 Å². The van der Waals surface area contributed by atoms with Gasteiger partial charge in [-0.2, -0.15) is 0 Å². The molecule has 1 aromatic carbocycles. The minimum absolute atomic E-state index is 0.0493. The number of benzene rings is 1. The number of carbonyl (C=O) groups excluding carboxylic acids is 1. The lowest BCUT2D eigenvalue weighted by molar-refractivity contribution is -0.129. The third-order valence-corrected chi connectivity index (χ3v) is 7.64. The van der Waals surface area contributed by atoms with Gasteiger partial charge < -0.3 is 4.90 Å². The summed E-state index contributed by atoms with van der Waals surface area (Å²) < 4.78 is 1.78. The number of aromatic nitrogens is 2. The molecule has 0 radical (unpaired) electrons. The molecule has 2 aromatic rings. The number of carbonyl (C=O) groups is 1. The van der Waals surface area contributed by atoms with Gasteiger partial charge in [0.05, 0.1) is 16.3 Å². The van der Waals surface area contributed by atoms with Crippen LogP contribution in [-0.4, -0.2) is 44.5 Å². The molecule has 0 bridgehead atoms. The minimum Gasteiger partial charge on any atom is -0.342 e. The molecule has 2 aliphatic heterocycles. The van der Waals surface area contributed by atoms with Crippen LogP contribution in [0.2, 0.25) is 0 Å². The van der Waals surface area contributed by atoms with Crippen molar-refractivity contribution in [2.75, 3.05) is 18.8 Å². The maximum atomic E-state index is 13.2. The predicted octanol–water partition coefficient (Wildman–Crippen LogP) is 3.63. The van der Waals surface area contributed by atoms with Crippen LogP contribution in [0.15, 0.2) is 45.2 Å². The Kier molecular flexibility index (Phi) is 6.65. The van der Waals surface area contributed by atoms with E-state index in [-0.39, 0.29) is 11.5 Å². The van der Waals surface area contributed by atoms with Crippen LogP contribution in [0.25, 0.3) is 0 Å². The largest absolute Gasteiger partial charge is 0.342 e. The SMILES string of the molecule is CC1Cc2nc(SCC(=O)N3CCCCC3)n(CCc3ccccc3)c(=O)c2S1. The molecule has 0 spiro atoms. The first-order valence-electron chi connectivity index (χ1n) is 10.4. The van der Waals surface area contributed by atoms with Gasteiger partial charge in [-0.1, -0.05) is 49.0 Å². The zero-order valence-corrected chi connectivity index (χ0v) is 18.4. The Bertz CT molecular complexity index is 924. The van der Waals surface area contributed by atoms with E-state index in [1.165, 1.54) is 23.7 Å². The summed E-state index contributed by atoms with van der Waals surface area (Å²) in [5, 5.41) is 1.06. The molecule has 154 valence electrons. The van der Waals surface area contributed by atoms with Crippen LogP contribution >= 0.6 is 23.5 Å². The van der Waals surface area contributed by atoms with Gasteiger partial charge in [0.15, 0.2) is 5.16 Å². The lowest BCUT2D eigenvalue weighted by atomic mass is 10.1. The van der Waals surface area contributed by atoms with Gasteiger partial charge in [-0.3, -0.25) is 14.2 Å². The molecule has 3 heterocycles. The zero-order chi connectivity index (χ0) is 20.2. The molecule has 1 atom stereocenters. The molecule has 0 N–H and O–H groups in total. The first-order chi connectivity index (χ1) is 14.1. The highest BCUT2D eigenvalue weighted by Gasteiger charge is 2.27. The lowest BCUT2D eigenvalue weighted by Crippen LogP contribution is -2.37. The van der Waals surface area contributed by atoms with Crippen molar-refractivity contribution in [1.29, 1.82) is 0 Å². The molecule has 0 aliphatic carbocycles. The lowest BCUT2D eigenvalue weighted by Gasteiger charge is -2.26. The van der Waals surface area contributed by atoms with E-state index in [1.54, 1.807) is 16.3 Å². The van der Waals surface area contributed by atoms with E-state index in [2.05, 4.69) is 19.1 Å². The van der Waals surface area contributed by atoms with Crippen molar-refractivity contribution in [2.45, 2.75) is 60.9 Å². The van der Waals surface area contributed by atoms with Crippen molar-refractivity contribution >= 4 is 29.4 Å². The summed E-state index contributed by atoms with van der Waals surface area (Å²) >= 11 is 3.05. The Morgan fingerprint density at radius 1 is 1.21 bits per heavy atom. The van der Waals surface area contributed by atoms with Crippen LogP contribution in [-0.2, 0) is 24.2 Å². The summed E-state index contributed by atoms with van der Waals surface area (Å²) in [5.41, 5.74) is 2.14. The van der Waals surface area contributed by atoms with Crippen molar-refractivity contribution in [3.63, 3.8) is 0 Å². The average molecular weight is 430 g/mol. The third-order valence-electron chi connectivity index (χ3n) is 5.46. The fourth-order valence-electron chi connectivity index (χ4n) is 3.89. The normalized spacial score (nSPS) is 18.7. The number of hydrogen-bond acceptors (Lipinski definition) is 5. The summed E-state index contributed by atoms with van der Waals surface area (Å²) in [5.74, 6) is 0.501. The van der Waals surface area contributed by atoms with E-state index in [1.807, 2.05) is 23.1 Å². The monoisotopic (exact) mass is 429 g/mol. The Balaban J connectivity index is 1.54. The maximum Gasteiger partial charge on any atom is 0.268 e. The van der Waals surface area contributed by atoms with Crippen LogP contribution in [0.5, 0.6) is 0 Å². The number of hydrogen-bond donors (Lipinski definition) is 0. The maximum absolute atomic E-state index is 13.2. The summed E-state index contributed by atoms with van der Waals surface area (Å²) in [6.45, 7) is 4.42. The molecule has 29 heavy (non-hydrogen) atoms. The topological polar surface area (TPSA) is 55.2 Å². The second-order valence-corrected chi connectivity index (χ2v) is 10.1. The number of piperidine rings is 1. The van der Waals surface area contributed by atoms with E-state index in [9.17, 15) is 9.59 Å². The fourth-order valence-corrected chi connectivity index (χ4v) is 5.94. The quantitative estimate of drug-likeness (QED) is 0.518. The molecular formula is C22H27N3O2S2. The van der Waals surface area contributed by atoms with Crippen molar-refractivity contribution in [3.8, 4) is 0 Å². The highest BCUT2D eigenvalue weighted by Crippen LogP contribution is 2.34. The van der Waals surface area contributed by atoms with Crippen LogP contribution in [0.1, 0.15) is 37.4 Å². The van der Waals surface area contributed by atoms with Gasteiger partial charge in [-0.15, -0.1) is 11.8 Å². The fraction of sp³-hybridized carbons (Fsp3) is 0.500. The number of thioether (sulfide) groups is 2. The van der Waals surface area contributed by atoms with E-state index in [0.717, 1.165) is 49.4 Å². The highest BCUT2D eigenvalue weighted by atomic mass is 32.2. The molecule has 1 unspecified atom stereocenters. The number of amides is 1. The molecule has 1 saturated heterocycles. The number of aryl methyl sites for hydroxylation is 1. The first kappa shape index (κ1) is 20.5. The van der Waals surface area contributed by atoms with E-state index in [0.29, 0.717) is 22.7 Å². The highest BCUT2D eigenvalue weighted by molar-refractivity contribution is 8.00. The Hall–Kier alpha value is -1.73. The number of rotatable bonds is 6. The van der Waals surface area contributed by atoms with Crippen LogP contribution in [0.4, 0.5) is 0 Å². The average Bonchev–Trinajstić information content (AvgIpc) is 3.13. The first-order valence-corrected chi connectivity index (χ1v) is 12.2. The molecule has 1 amide bonds. The summed E-state index contributed by atoms with van der Waals surface area (Å²) in [6.07, 6.45) is 4.98. The molecule has 4 rings (SSSR count). The second-order valence-electron chi connectivity index (χ2n) is 7.73. The zero-order valence-electron chi connectivity index (χ0n) is 16.8. The molecule has 0 saturated carbocycles. The minimum atomic E-state index is 0.0493. The third kappa shape index (κ3) is 4.89. The van der Waals surface area contributed by atoms with Crippen LogP contribution in [0.3, 0.4) is 0 Å². The molecule has 2 aliphatic rings. The smallest absolute Gasteiger partial charge is 0.268 e. The predicted molar refractivity (Wildman–Crippen MR) is 119 cm³/mol.